The number of carbonyl (C=O) groups is 1. The molecule has 1 amide bonds. The molecule has 0 radical (unpaired) electrons. The number of carbonyl (C=O) groups excluding carboxylic acids is 1. The van der Waals surface area contributed by atoms with Crippen molar-refractivity contribution in [2.75, 3.05) is 31.1 Å². The van der Waals surface area contributed by atoms with Crippen LogP contribution in [0.2, 0.25) is 0 Å². The van der Waals surface area contributed by atoms with Crippen LogP contribution in [-0.2, 0) is 20.4 Å². The quantitative estimate of drug-likeness (QED) is 0.744. The predicted octanol–water partition coefficient (Wildman–Crippen LogP) is 2.37. The van der Waals surface area contributed by atoms with Crippen LogP contribution in [0.5, 0.6) is 0 Å². The predicted molar refractivity (Wildman–Crippen MR) is 112 cm³/mol. The summed E-state index contributed by atoms with van der Waals surface area (Å²) in [5.41, 5.74) is 1.55. The number of amides is 1. The van der Waals surface area contributed by atoms with Gasteiger partial charge in [0.05, 0.1) is 16.7 Å². The highest BCUT2D eigenvalue weighted by Gasteiger charge is 2.48. The Morgan fingerprint density at radius 2 is 2.07 bits per heavy atom. The molecule has 160 valence electrons. The fourth-order valence-electron chi connectivity index (χ4n) is 4.86. The van der Waals surface area contributed by atoms with E-state index in [1.807, 2.05) is 0 Å². The van der Waals surface area contributed by atoms with E-state index in [4.69, 9.17) is 4.98 Å². The van der Waals surface area contributed by atoms with Crippen LogP contribution in [0.25, 0.3) is 0 Å². The molecular formula is C21H32N4O3S. The third-order valence-electron chi connectivity index (χ3n) is 6.55. The molecule has 4 heterocycles. The molecule has 4 rings (SSSR count). The summed E-state index contributed by atoms with van der Waals surface area (Å²) in [6.45, 7) is 9.05. The van der Waals surface area contributed by atoms with Gasteiger partial charge in [0.2, 0.25) is 11.9 Å². The Hall–Kier alpha value is -1.70. The number of likely N-dealkylation sites (tertiary alicyclic amines) is 1. The van der Waals surface area contributed by atoms with Gasteiger partial charge in [-0.1, -0.05) is 20.8 Å². The minimum Gasteiger partial charge on any atom is -0.341 e. The number of hydrogen-bond donors (Lipinski definition) is 0. The third-order valence-corrected chi connectivity index (χ3v) is 8.66. The Balaban J connectivity index is 1.60. The van der Waals surface area contributed by atoms with Gasteiger partial charge in [-0.05, 0) is 31.1 Å². The van der Waals surface area contributed by atoms with Crippen LogP contribution >= 0.6 is 0 Å². The lowest BCUT2D eigenvalue weighted by Gasteiger charge is -2.32. The molecule has 0 spiro atoms. The number of sulfone groups is 1. The van der Waals surface area contributed by atoms with E-state index >= 15 is 0 Å². The molecule has 3 aliphatic heterocycles. The summed E-state index contributed by atoms with van der Waals surface area (Å²) < 4.78 is 25.8. The molecule has 0 bridgehead atoms. The molecule has 1 aromatic heterocycles. The number of fused-ring (bicyclic) bond motifs is 3. The van der Waals surface area contributed by atoms with E-state index in [0.717, 1.165) is 31.6 Å². The smallest absolute Gasteiger partial charge is 0.225 e. The van der Waals surface area contributed by atoms with Crippen molar-refractivity contribution in [2.24, 2.45) is 11.8 Å². The minimum absolute atomic E-state index is 0.0196. The Labute approximate surface area is 173 Å². The lowest BCUT2D eigenvalue weighted by atomic mass is 9.99. The molecule has 3 atom stereocenters. The van der Waals surface area contributed by atoms with Crippen LogP contribution < -0.4 is 4.90 Å². The Bertz CT molecular complexity index is 886. The van der Waals surface area contributed by atoms with E-state index in [-0.39, 0.29) is 17.6 Å². The maximum Gasteiger partial charge on any atom is 0.225 e. The molecule has 1 aromatic rings. The van der Waals surface area contributed by atoms with Gasteiger partial charge < -0.3 is 9.80 Å². The van der Waals surface area contributed by atoms with E-state index in [1.54, 1.807) is 11.1 Å². The Morgan fingerprint density at radius 3 is 2.79 bits per heavy atom. The first-order chi connectivity index (χ1) is 13.7. The van der Waals surface area contributed by atoms with Crippen molar-refractivity contribution in [2.45, 2.75) is 63.4 Å². The van der Waals surface area contributed by atoms with Gasteiger partial charge in [-0.2, -0.15) is 0 Å². The summed E-state index contributed by atoms with van der Waals surface area (Å²) >= 11 is 0. The summed E-state index contributed by atoms with van der Waals surface area (Å²) in [6.07, 6.45) is 5.35. The molecule has 29 heavy (non-hydrogen) atoms. The summed E-state index contributed by atoms with van der Waals surface area (Å²) in [5.74, 6) is 1.57. The second-order valence-corrected chi connectivity index (χ2v) is 11.7. The Kier molecular flexibility index (Phi) is 5.57. The van der Waals surface area contributed by atoms with E-state index in [0.29, 0.717) is 42.9 Å². The normalized spacial score (nSPS) is 28.3. The molecule has 0 saturated carbocycles. The van der Waals surface area contributed by atoms with Gasteiger partial charge in [0.15, 0.2) is 9.84 Å². The largest absolute Gasteiger partial charge is 0.341 e. The average molecular weight is 421 g/mol. The molecule has 7 nitrogen and oxygen atoms in total. The van der Waals surface area contributed by atoms with Crippen molar-refractivity contribution in [1.29, 1.82) is 0 Å². The van der Waals surface area contributed by atoms with Gasteiger partial charge in [-0.15, -0.1) is 0 Å². The van der Waals surface area contributed by atoms with Gasteiger partial charge in [-0.25, -0.2) is 18.4 Å². The highest BCUT2D eigenvalue weighted by molar-refractivity contribution is 7.91. The average Bonchev–Trinajstić information content (AvgIpc) is 3.13. The number of piperidine rings is 1. The van der Waals surface area contributed by atoms with Gasteiger partial charge in [-0.3, -0.25) is 4.79 Å². The standard InChI is InChI=1S/C21H32N4O3S/c1-14(2)6-7-19(26)25-11-17-18(12-25)29(27,28)13-16-9-22-21(23-20(16)17)24-8-4-5-15(3)10-24/h9,14-15,17-18H,4-8,10-13H2,1-3H3/t15-,17+,18-/m1/s1. The first kappa shape index (κ1) is 20.6. The van der Waals surface area contributed by atoms with Gasteiger partial charge in [0.25, 0.3) is 0 Å². The van der Waals surface area contributed by atoms with Crippen molar-refractivity contribution >= 4 is 21.7 Å². The van der Waals surface area contributed by atoms with Crippen LogP contribution in [0.4, 0.5) is 5.95 Å². The van der Waals surface area contributed by atoms with Crippen LogP contribution in [0.1, 0.15) is 63.6 Å². The van der Waals surface area contributed by atoms with Crippen molar-refractivity contribution in [3.8, 4) is 0 Å². The molecule has 0 N–H and O–H groups in total. The van der Waals surface area contributed by atoms with E-state index in [1.165, 1.54) is 6.42 Å². The summed E-state index contributed by atoms with van der Waals surface area (Å²) in [6, 6.07) is 0. The van der Waals surface area contributed by atoms with Crippen LogP contribution in [0.15, 0.2) is 6.20 Å². The van der Waals surface area contributed by atoms with E-state index in [2.05, 4.69) is 30.7 Å². The van der Waals surface area contributed by atoms with E-state index < -0.39 is 15.1 Å². The number of rotatable bonds is 4. The number of nitrogens with zero attached hydrogens (tertiary/aromatic N) is 4. The lowest BCUT2D eigenvalue weighted by molar-refractivity contribution is -0.130. The van der Waals surface area contributed by atoms with Crippen molar-refractivity contribution in [1.82, 2.24) is 14.9 Å². The SMILES string of the molecule is CC(C)CCC(=O)N1C[C@@H]2c3nc(N4CCC[C@@H](C)C4)ncc3CS(=O)(=O)[C@@H]2C1. The van der Waals surface area contributed by atoms with Gasteiger partial charge in [0, 0.05) is 50.3 Å². The number of anilines is 1. The molecule has 0 unspecified atom stereocenters. The van der Waals surface area contributed by atoms with E-state index in [9.17, 15) is 13.2 Å². The maximum atomic E-state index is 12.9. The first-order valence-electron chi connectivity index (χ1n) is 10.8. The van der Waals surface area contributed by atoms with Crippen molar-refractivity contribution < 1.29 is 13.2 Å². The zero-order valence-electron chi connectivity index (χ0n) is 17.7. The summed E-state index contributed by atoms with van der Waals surface area (Å²) in [5, 5.41) is -0.541. The monoisotopic (exact) mass is 420 g/mol. The molecule has 2 fully saturated rings. The molecular weight excluding hydrogens is 388 g/mol. The van der Waals surface area contributed by atoms with Crippen LogP contribution in [0.3, 0.4) is 0 Å². The van der Waals surface area contributed by atoms with Crippen molar-refractivity contribution in [3.05, 3.63) is 17.5 Å². The molecule has 2 saturated heterocycles. The third kappa shape index (κ3) is 4.13. The zero-order chi connectivity index (χ0) is 20.8. The molecule has 0 aliphatic carbocycles. The summed E-state index contributed by atoms with van der Waals surface area (Å²) in [7, 11) is -3.31. The van der Waals surface area contributed by atoms with Crippen molar-refractivity contribution in [3.63, 3.8) is 0 Å². The first-order valence-corrected chi connectivity index (χ1v) is 12.6. The van der Waals surface area contributed by atoms with Gasteiger partial charge in [0.1, 0.15) is 0 Å². The van der Waals surface area contributed by atoms with Gasteiger partial charge >= 0.3 is 0 Å². The fourth-order valence-corrected chi connectivity index (χ4v) is 6.86. The topological polar surface area (TPSA) is 83.5 Å². The lowest BCUT2D eigenvalue weighted by Crippen LogP contribution is -2.38. The Morgan fingerprint density at radius 1 is 1.28 bits per heavy atom. The highest BCUT2D eigenvalue weighted by atomic mass is 32.2. The number of aromatic nitrogens is 2. The summed E-state index contributed by atoms with van der Waals surface area (Å²) in [4.78, 5) is 26.0. The van der Waals surface area contributed by atoms with Crippen LogP contribution in [0, 0.1) is 11.8 Å². The fraction of sp³-hybridized carbons (Fsp3) is 0.762. The maximum absolute atomic E-state index is 12.9. The molecule has 0 aromatic carbocycles. The second kappa shape index (κ2) is 7.85. The number of hydrogen-bond acceptors (Lipinski definition) is 6. The zero-order valence-corrected chi connectivity index (χ0v) is 18.5. The second-order valence-electron chi connectivity index (χ2n) is 9.46. The molecule has 3 aliphatic rings. The minimum atomic E-state index is -3.31. The highest BCUT2D eigenvalue weighted by Crippen LogP contribution is 2.40. The molecule has 8 heteroatoms. The van der Waals surface area contributed by atoms with Crippen LogP contribution in [-0.4, -0.2) is 60.6 Å².